The minimum Gasteiger partial charge on any atom is -0.491 e. The van der Waals surface area contributed by atoms with Crippen molar-refractivity contribution in [2.45, 2.75) is 31.8 Å². The van der Waals surface area contributed by atoms with Crippen molar-refractivity contribution < 1.29 is 34.7 Å². The summed E-state index contributed by atoms with van der Waals surface area (Å²) in [5.41, 5.74) is 0.559. The van der Waals surface area contributed by atoms with Crippen LogP contribution in [0.3, 0.4) is 0 Å². The summed E-state index contributed by atoms with van der Waals surface area (Å²) >= 11 is 6.37. The van der Waals surface area contributed by atoms with Gasteiger partial charge in [0, 0.05) is 16.8 Å². The van der Waals surface area contributed by atoms with Crippen molar-refractivity contribution in [2.24, 2.45) is 5.41 Å². The molecule has 8 nitrogen and oxygen atoms in total. The molecule has 4 rings (SSSR count). The predicted molar refractivity (Wildman–Crippen MR) is 166 cm³/mol. The molecule has 234 valence electrons. The van der Waals surface area contributed by atoms with Crippen LogP contribution in [0.25, 0.3) is 22.4 Å². The molecule has 1 aromatic heterocycles. The first-order chi connectivity index (χ1) is 20.3. The fourth-order valence-corrected chi connectivity index (χ4v) is 5.77. The molecule has 0 atom stereocenters. The quantitative estimate of drug-likeness (QED) is 0.189. The number of pyridine rings is 1. The summed E-state index contributed by atoms with van der Waals surface area (Å²) in [6, 6.07) is 17.5. The van der Waals surface area contributed by atoms with E-state index >= 15 is 0 Å². The van der Waals surface area contributed by atoms with E-state index in [0.29, 0.717) is 34.1 Å². The lowest BCUT2D eigenvalue weighted by molar-refractivity contribution is -0.137. The van der Waals surface area contributed by atoms with E-state index in [0.717, 1.165) is 24.5 Å². The Hall–Kier alpha value is -3.81. The molecule has 0 amide bonds. The van der Waals surface area contributed by atoms with Crippen LogP contribution in [0.1, 0.15) is 26.3 Å². The second-order valence-electron chi connectivity index (χ2n) is 11.2. The van der Waals surface area contributed by atoms with Gasteiger partial charge in [0.25, 0.3) is 10.0 Å². The lowest BCUT2D eigenvalue weighted by Crippen LogP contribution is -2.17. The summed E-state index contributed by atoms with van der Waals surface area (Å²) in [4.78, 5) is 4.24. The highest BCUT2D eigenvalue weighted by atomic mass is 35.5. The Bertz CT molecular complexity index is 1890. The first kappa shape index (κ1) is 33.1. The zero-order chi connectivity index (χ0) is 32.5. The van der Waals surface area contributed by atoms with Crippen LogP contribution in [-0.4, -0.2) is 34.7 Å². The van der Waals surface area contributed by atoms with Crippen molar-refractivity contribution in [3.63, 3.8) is 0 Å². The van der Waals surface area contributed by atoms with Gasteiger partial charge in [-0.05, 0) is 65.6 Å². The van der Waals surface area contributed by atoms with Crippen LogP contribution >= 0.6 is 11.6 Å². The molecule has 4 aromatic rings. The molecule has 0 aliphatic carbocycles. The summed E-state index contributed by atoms with van der Waals surface area (Å²) in [5, 5.41) is 0.360. The molecule has 0 saturated carbocycles. The lowest BCUT2D eigenvalue weighted by atomic mass is 9.97. The Labute approximate surface area is 259 Å². The molecule has 44 heavy (non-hydrogen) atoms. The Balaban J connectivity index is 1.78. The number of hydrogen-bond acceptors (Lipinski definition) is 6. The van der Waals surface area contributed by atoms with Crippen molar-refractivity contribution >= 4 is 43.2 Å². The van der Waals surface area contributed by atoms with Gasteiger partial charge in [-0.2, -0.15) is 13.2 Å². The highest BCUT2D eigenvalue weighted by Crippen LogP contribution is 2.38. The smallest absolute Gasteiger partial charge is 0.416 e. The van der Waals surface area contributed by atoms with Gasteiger partial charge in [-0.15, -0.1) is 0 Å². The standard InChI is InChI=1S/C30H29ClF3N3O5S2/c1-29(2,3)18-42-26-16-20(10-14-25(26)31)24-13-15-27(35-28(24)19-8-11-21(12-9-19)30(32,33)34)37-44(40,41)23-7-5-6-22(17-23)36-43(4,38)39/h5-17,36H,18H2,1-4H3,(H,35,37). The first-order valence-electron chi connectivity index (χ1n) is 13.0. The molecule has 14 heteroatoms. The number of aromatic nitrogens is 1. The van der Waals surface area contributed by atoms with Gasteiger partial charge < -0.3 is 4.74 Å². The normalized spacial score (nSPS) is 12.5. The number of nitrogens with one attached hydrogen (secondary N) is 2. The number of sulfonamides is 2. The minimum atomic E-state index is -4.55. The summed E-state index contributed by atoms with van der Waals surface area (Å²) in [7, 11) is -7.92. The van der Waals surface area contributed by atoms with Crippen LogP contribution in [0, 0.1) is 5.41 Å². The first-order valence-corrected chi connectivity index (χ1v) is 16.8. The van der Waals surface area contributed by atoms with Crippen molar-refractivity contribution in [3.05, 3.63) is 89.4 Å². The number of ether oxygens (including phenoxy) is 1. The molecule has 0 fully saturated rings. The van der Waals surface area contributed by atoms with Crippen LogP contribution in [0.2, 0.25) is 5.02 Å². The maximum absolute atomic E-state index is 13.3. The summed E-state index contributed by atoms with van der Waals surface area (Å²) < 4.78 is 100. The van der Waals surface area contributed by atoms with Gasteiger partial charge in [-0.3, -0.25) is 9.44 Å². The maximum Gasteiger partial charge on any atom is 0.416 e. The van der Waals surface area contributed by atoms with E-state index in [1.165, 1.54) is 36.4 Å². The van der Waals surface area contributed by atoms with Gasteiger partial charge in [0.05, 0.1) is 34.0 Å². The number of alkyl halides is 3. The van der Waals surface area contributed by atoms with Crippen LogP contribution in [0.4, 0.5) is 24.7 Å². The molecule has 0 saturated heterocycles. The van der Waals surface area contributed by atoms with E-state index in [9.17, 15) is 30.0 Å². The predicted octanol–water partition coefficient (Wildman–Crippen LogP) is 7.69. The second-order valence-corrected chi connectivity index (χ2v) is 15.0. The van der Waals surface area contributed by atoms with Gasteiger partial charge in [0.1, 0.15) is 11.6 Å². The third-order valence-electron chi connectivity index (χ3n) is 5.97. The van der Waals surface area contributed by atoms with Crippen molar-refractivity contribution in [1.29, 1.82) is 0 Å². The number of anilines is 2. The zero-order valence-corrected chi connectivity index (χ0v) is 26.4. The summed E-state index contributed by atoms with van der Waals surface area (Å²) in [6.07, 6.45) is -3.62. The topological polar surface area (TPSA) is 114 Å². The van der Waals surface area contributed by atoms with Crippen LogP contribution in [-0.2, 0) is 26.2 Å². The van der Waals surface area contributed by atoms with E-state index in [4.69, 9.17) is 16.3 Å². The molecule has 0 aliphatic heterocycles. The van der Waals surface area contributed by atoms with Gasteiger partial charge in [0.2, 0.25) is 10.0 Å². The average Bonchev–Trinajstić information content (AvgIpc) is 2.91. The van der Waals surface area contributed by atoms with E-state index < -0.39 is 31.8 Å². The zero-order valence-electron chi connectivity index (χ0n) is 24.0. The van der Waals surface area contributed by atoms with Gasteiger partial charge in [0.15, 0.2) is 0 Å². The number of benzene rings is 3. The van der Waals surface area contributed by atoms with Gasteiger partial charge in [-0.25, -0.2) is 21.8 Å². The summed E-state index contributed by atoms with van der Waals surface area (Å²) in [5.74, 6) is 0.271. The second kappa shape index (κ2) is 12.3. The number of nitrogens with zero attached hydrogens (tertiary/aromatic N) is 1. The van der Waals surface area contributed by atoms with E-state index in [2.05, 4.69) is 14.4 Å². The Kier molecular flexibility index (Phi) is 9.24. The van der Waals surface area contributed by atoms with Crippen molar-refractivity contribution in [2.75, 3.05) is 22.3 Å². The Morgan fingerprint density at radius 1 is 0.841 bits per heavy atom. The molecule has 2 N–H and O–H groups in total. The van der Waals surface area contributed by atoms with E-state index in [1.807, 2.05) is 20.8 Å². The minimum absolute atomic E-state index is 0.0383. The fraction of sp³-hybridized carbons (Fsp3) is 0.233. The van der Waals surface area contributed by atoms with Gasteiger partial charge in [-0.1, -0.05) is 56.6 Å². The number of hydrogen-bond donors (Lipinski definition) is 2. The van der Waals surface area contributed by atoms with Crippen LogP contribution in [0.15, 0.2) is 83.8 Å². The Morgan fingerprint density at radius 2 is 1.50 bits per heavy atom. The third kappa shape index (κ3) is 8.64. The molecule has 0 spiro atoms. The summed E-state index contributed by atoms with van der Waals surface area (Å²) in [6.45, 7) is 6.35. The largest absolute Gasteiger partial charge is 0.491 e. The monoisotopic (exact) mass is 667 g/mol. The average molecular weight is 668 g/mol. The van der Waals surface area contributed by atoms with E-state index in [-0.39, 0.29) is 27.5 Å². The van der Waals surface area contributed by atoms with Crippen LogP contribution < -0.4 is 14.2 Å². The van der Waals surface area contributed by atoms with Gasteiger partial charge >= 0.3 is 6.18 Å². The number of rotatable bonds is 9. The van der Waals surface area contributed by atoms with Crippen molar-refractivity contribution in [3.8, 4) is 28.1 Å². The molecule has 1 heterocycles. The number of halogens is 4. The molecule has 0 aliphatic rings. The van der Waals surface area contributed by atoms with E-state index in [1.54, 1.807) is 24.3 Å². The maximum atomic E-state index is 13.3. The molecular formula is C30H29ClF3N3O5S2. The van der Waals surface area contributed by atoms with Crippen molar-refractivity contribution in [1.82, 2.24) is 4.98 Å². The molecule has 3 aromatic carbocycles. The highest BCUT2D eigenvalue weighted by molar-refractivity contribution is 7.93. The fourth-order valence-electron chi connectivity index (χ4n) is 4.00. The Morgan fingerprint density at radius 3 is 2.11 bits per heavy atom. The molecule has 0 radical (unpaired) electrons. The highest BCUT2D eigenvalue weighted by Gasteiger charge is 2.30. The lowest BCUT2D eigenvalue weighted by Gasteiger charge is -2.20. The van der Waals surface area contributed by atoms with Crippen LogP contribution in [0.5, 0.6) is 5.75 Å². The third-order valence-corrected chi connectivity index (χ3v) is 8.24. The molecule has 0 bridgehead atoms. The molecular weight excluding hydrogens is 639 g/mol. The molecule has 0 unspecified atom stereocenters. The SMILES string of the molecule is CC(C)(C)COc1cc(-c2ccc(NS(=O)(=O)c3cccc(NS(C)(=O)=O)c3)nc2-c2ccc(C(F)(F)F)cc2)ccc1Cl.